The van der Waals surface area contributed by atoms with Crippen LogP contribution in [0.4, 0.5) is 0 Å². The van der Waals surface area contributed by atoms with E-state index in [-0.39, 0.29) is 0 Å². The highest BCUT2D eigenvalue weighted by Gasteiger charge is 2.15. The molecule has 0 fully saturated rings. The molecule has 26 heavy (non-hydrogen) atoms. The first-order valence-electron chi connectivity index (χ1n) is 8.95. The first-order chi connectivity index (χ1) is 12.4. The van der Waals surface area contributed by atoms with E-state index in [0.717, 1.165) is 30.3 Å². The minimum absolute atomic E-state index is 0.382. The van der Waals surface area contributed by atoms with Crippen LogP contribution in [-0.4, -0.2) is 34.2 Å². The summed E-state index contributed by atoms with van der Waals surface area (Å²) in [7, 11) is 3.99. The van der Waals surface area contributed by atoms with Gasteiger partial charge < -0.3 is 10.2 Å². The second-order valence-corrected chi connectivity index (χ2v) is 6.71. The predicted molar refractivity (Wildman–Crippen MR) is 105 cm³/mol. The summed E-state index contributed by atoms with van der Waals surface area (Å²) < 4.78 is 1.87. The van der Waals surface area contributed by atoms with Gasteiger partial charge in [0.1, 0.15) is 0 Å². The zero-order valence-corrected chi connectivity index (χ0v) is 16.3. The standard InChI is InChI=1S/C20H28N6/c1-6-22-20(23-12-17-9-7-8-16(10-17)11-21)25(4)13-18-14-26(5)24-19(18)15(2)3/h7-10,14-15H,6,12-13H2,1-5H3,(H,22,23). The van der Waals surface area contributed by atoms with Crippen molar-refractivity contribution in [3.63, 3.8) is 0 Å². The fourth-order valence-electron chi connectivity index (χ4n) is 2.87. The summed E-state index contributed by atoms with van der Waals surface area (Å²) in [5.74, 6) is 1.22. The number of guanidine groups is 1. The lowest BCUT2D eigenvalue weighted by atomic mass is 10.1. The molecule has 1 N–H and O–H groups in total. The van der Waals surface area contributed by atoms with E-state index in [2.05, 4.69) is 48.4 Å². The topological polar surface area (TPSA) is 69.2 Å². The third-order valence-corrected chi connectivity index (χ3v) is 4.06. The lowest BCUT2D eigenvalue weighted by Gasteiger charge is -2.22. The number of benzene rings is 1. The molecule has 138 valence electrons. The minimum atomic E-state index is 0.382. The smallest absolute Gasteiger partial charge is 0.194 e. The van der Waals surface area contributed by atoms with Crippen LogP contribution in [0, 0.1) is 11.3 Å². The largest absolute Gasteiger partial charge is 0.357 e. The Labute approximate surface area is 156 Å². The fraction of sp³-hybridized carbons (Fsp3) is 0.450. The molecule has 0 aliphatic heterocycles. The molecule has 0 bridgehead atoms. The highest BCUT2D eigenvalue weighted by molar-refractivity contribution is 5.79. The molecule has 1 heterocycles. The van der Waals surface area contributed by atoms with Crippen molar-refractivity contribution in [2.75, 3.05) is 13.6 Å². The van der Waals surface area contributed by atoms with E-state index in [1.807, 2.05) is 37.0 Å². The lowest BCUT2D eigenvalue weighted by Crippen LogP contribution is -2.38. The zero-order valence-electron chi connectivity index (χ0n) is 16.3. The van der Waals surface area contributed by atoms with Crippen LogP contribution in [0.5, 0.6) is 0 Å². The van der Waals surface area contributed by atoms with E-state index in [9.17, 15) is 0 Å². The van der Waals surface area contributed by atoms with Gasteiger partial charge in [0, 0.05) is 38.9 Å². The quantitative estimate of drug-likeness (QED) is 0.641. The first-order valence-corrected chi connectivity index (χ1v) is 8.95. The minimum Gasteiger partial charge on any atom is -0.357 e. The zero-order chi connectivity index (χ0) is 19.1. The second kappa shape index (κ2) is 9.04. The maximum atomic E-state index is 9.03. The highest BCUT2D eigenvalue weighted by Crippen LogP contribution is 2.18. The summed E-state index contributed by atoms with van der Waals surface area (Å²) in [6.07, 6.45) is 2.08. The Balaban J connectivity index is 2.16. The van der Waals surface area contributed by atoms with Crippen molar-refractivity contribution in [2.45, 2.75) is 39.8 Å². The van der Waals surface area contributed by atoms with E-state index < -0.39 is 0 Å². The van der Waals surface area contributed by atoms with Crippen LogP contribution in [0.25, 0.3) is 0 Å². The van der Waals surface area contributed by atoms with Gasteiger partial charge in [-0.25, -0.2) is 4.99 Å². The number of rotatable bonds is 6. The van der Waals surface area contributed by atoms with Crippen molar-refractivity contribution in [2.24, 2.45) is 12.0 Å². The number of hydrogen-bond donors (Lipinski definition) is 1. The summed E-state index contributed by atoms with van der Waals surface area (Å²) in [5, 5.41) is 17.0. The van der Waals surface area contributed by atoms with Crippen LogP contribution in [0.1, 0.15) is 49.1 Å². The molecular weight excluding hydrogens is 324 g/mol. The molecule has 0 spiro atoms. The Morgan fingerprint density at radius 2 is 2.19 bits per heavy atom. The molecule has 0 atom stereocenters. The molecule has 1 aromatic heterocycles. The van der Waals surface area contributed by atoms with Crippen LogP contribution in [0.3, 0.4) is 0 Å². The van der Waals surface area contributed by atoms with Gasteiger partial charge >= 0.3 is 0 Å². The summed E-state index contributed by atoms with van der Waals surface area (Å²) in [6, 6.07) is 9.74. The van der Waals surface area contributed by atoms with E-state index in [1.54, 1.807) is 6.07 Å². The normalized spacial score (nSPS) is 11.5. The number of nitrogens with one attached hydrogen (secondary N) is 1. The Morgan fingerprint density at radius 1 is 1.42 bits per heavy atom. The molecule has 0 saturated heterocycles. The monoisotopic (exact) mass is 352 g/mol. The number of aromatic nitrogens is 2. The van der Waals surface area contributed by atoms with Gasteiger partial charge in [-0.1, -0.05) is 26.0 Å². The lowest BCUT2D eigenvalue weighted by molar-refractivity contribution is 0.473. The van der Waals surface area contributed by atoms with Crippen LogP contribution >= 0.6 is 0 Å². The highest BCUT2D eigenvalue weighted by atomic mass is 15.3. The van der Waals surface area contributed by atoms with E-state index in [4.69, 9.17) is 10.3 Å². The Bertz CT molecular complexity index is 797. The SMILES string of the molecule is CCNC(=NCc1cccc(C#N)c1)N(C)Cc1cn(C)nc1C(C)C. The van der Waals surface area contributed by atoms with E-state index in [1.165, 1.54) is 5.56 Å². The van der Waals surface area contributed by atoms with Crippen LogP contribution in [0.15, 0.2) is 35.5 Å². The van der Waals surface area contributed by atoms with Gasteiger partial charge in [-0.15, -0.1) is 0 Å². The molecule has 1 aromatic carbocycles. The van der Waals surface area contributed by atoms with Gasteiger partial charge in [-0.3, -0.25) is 4.68 Å². The molecule has 0 aliphatic rings. The maximum Gasteiger partial charge on any atom is 0.194 e. The van der Waals surface area contributed by atoms with Crippen molar-refractivity contribution in [3.05, 3.63) is 52.8 Å². The number of nitrogens with zero attached hydrogens (tertiary/aromatic N) is 5. The molecule has 0 radical (unpaired) electrons. The molecular formula is C20H28N6. The molecule has 6 nitrogen and oxygen atoms in total. The van der Waals surface area contributed by atoms with Crippen molar-refractivity contribution >= 4 is 5.96 Å². The van der Waals surface area contributed by atoms with Gasteiger partial charge in [-0.05, 0) is 30.5 Å². The third-order valence-electron chi connectivity index (χ3n) is 4.06. The number of hydrogen-bond acceptors (Lipinski definition) is 3. The molecule has 0 unspecified atom stereocenters. The Kier molecular flexibility index (Phi) is 6.79. The second-order valence-electron chi connectivity index (χ2n) is 6.71. The molecule has 0 amide bonds. The van der Waals surface area contributed by atoms with Gasteiger partial charge in [0.15, 0.2) is 5.96 Å². The molecule has 2 rings (SSSR count). The van der Waals surface area contributed by atoms with Gasteiger partial charge in [0.25, 0.3) is 0 Å². The Morgan fingerprint density at radius 3 is 2.85 bits per heavy atom. The average Bonchev–Trinajstić information content (AvgIpc) is 2.99. The summed E-state index contributed by atoms with van der Waals surface area (Å²) in [4.78, 5) is 6.84. The summed E-state index contributed by atoms with van der Waals surface area (Å²) in [6.45, 7) is 8.45. The maximum absolute atomic E-state index is 9.03. The summed E-state index contributed by atoms with van der Waals surface area (Å²) in [5.41, 5.74) is 4.02. The molecule has 2 aromatic rings. The number of aryl methyl sites for hydroxylation is 1. The van der Waals surface area contributed by atoms with Crippen LogP contribution in [0.2, 0.25) is 0 Å². The predicted octanol–water partition coefficient (Wildman–Crippen LogP) is 3.01. The number of nitriles is 1. The van der Waals surface area contributed by atoms with Gasteiger partial charge in [0.05, 0.1) is 23.9 Å². The molecule has 6 heteroatoms. The Hall–Kier alpha value is -2.81. The van der Waals surface area contributed by atoms with Crippen molar-refractivity contribution < 1.29 is 0 Å². The van der Waals surface area contributed by atoms with E-state index >= 15 is 0 Å². The number of aliphatic imine (C=N–C) groups is 1. The molecule has 0 aliphatic carbocycles. The molecule has 0 saturated carbocycles. The van der Waals surface area contributed by atoms with Crippen LogP contribution in [-0.2, 0) is 20.1 Å². The third kappa shape index (κ3) is 5.09. The summed E-state index contributed by atoms with van der Waals surface area (Å²) >= 11 is 0. The van der Waals surface area contributed by atoms with Gasteiger partial charge in [0.2, 0.25) is 0 Å². The van der Waals surface area contributed by atoms with Gasteiger partial charge in [-0.2, -0.15) is 10.4 Å². The van der Waals surface area contributed by atoms with Crippen molar-refractivity contribution in [1.29, 1.82) is 5.26 Å². The van der Waals surface area contributed by atoms with Crippen LogP contribution < -0.4 is 5.32 Å². The van der Waals surface area contributed by atoms with Crippen molar-refractivity contribution in [1.82, 2.24) is 20.0 Å². The average molecular weight is 352 g/mol. The van der Waals surface area contributed by atoms with E-state index in [0.29, 0.717) is 18.0 Å². The first kappa shape index (κ1) is 19.5. The van der Waals surface area contributed by atoms with Crippen molar-refractivity contribution in [3.8, 4) is 6.07 Å². The fourth-order valence-corrected chi connectivity index (χ4v) is 2.87.